The Morgan fingerprint density at radius 1 is 1.31 bits per heavy atom. The van der Waals surface area contributed by atoms with Crippen LogP contribution in [0.2, 0.25) is 0 Å². The fraction of sp³-hybridized carbons (Fsp3) is 0.250. The predicted octanol–water partition coefficient (Wildman–Crippen LogP) is 3.36. The van der Waals surface area contributed by atoms with Gasteiger partial charge in [0.25, 0.3) is 0 Å². The third kappa shape index (κ3) is 2.08. The molecule has 0 bridgehead atoms. The molecule has 0 aliphatic rings. The lowest BCUT2D eigenvalue weighted by Gasteiger charge is -2.17. The van der Waals surface area contributed by atoms with Crippen LogP contribution in [0.4, 0.5) is 4.39 Å². The van der Waals surface area contributed by atoms with Crippen molar-refractivity contribution in [3.05, 3.63) is 40.2 Å². The molecule has 0 radical (unpaired) electrons. The van der Waals surface area contributed by atoms with Crippen molar-refractivity contribution in [3.8, 4) is 0 Å². The van der Waals surface area contributed by atoms with E-state index in [9.17, 15) is 9.50 Å². The van der Waals surface area contributed by atoms with E-state index in [4.69, 9.17) is 0 Å². The number of halogens is 2. The van der Waals surface area contributed by atoms with Gasteiger partial charge in [-0.05, 0) is 32.0 Å². The van der Waals surface area contributed by atoms with Gasteiger partial charge in [-0.2, -0.15) is 0 Å². The number of hydrogen-bond donors (Lipinski definition) is 1. The summed E-state index contributed by atoms with van der Waals surface area (Å²) in [5, 5.41) is 10.5. The molecule has 0 aliphatic carbocycles. The van der Waals surface area contributed by atoms with Gasteiger partial charge in [0.15, 0.2) is 5.82 Å². The van der Waals surface area contributed by atoms with Crippen LogP contribution in [0.25, 0.3) is 10.9 Å². The zero-order valence-electron chi connectivity index (χ0n) is 8.96. The van der Waals surface area contributed by atoms with E-state index in [0.717, 1.165) is 0 Å². The molecule has 1 N–H and O–H groups in total. The van der Waals surface area contributed by atoms with Gasteiger partial charge >= 0.3 is 0 Å². The summed E-state index contributed by atoms with van der Waals surface area (Å²) in [6, 6.07) is 4.90. The molecule has 1 aromatic heterocycles. The lowest BCUT2D eigenvalue weighted by molar-refractivity contribution is 0.0784. The van der Waals surface area contributed by atoms with Crippen LogP contribution in [0.5, 0.6) is 0 Å². The zero-order valence-corrected chi connectivity index (χ0v) is 10.5. The number of benzene rings is 1. The summed E-state index contributed by atoms with van der Waals surface area (Å²) in [5.74, 6) is -0.369. The molecule has 0 spiro atoms. The van der Waals surface area contributed by atoms with E-state index < -0.39 is 5.60 Å². The molecule has 2 aromatic rings. The van der Waals surface area contributed by atoms with Gasteiger partial charge in [0.2, 0.25) is 0 Å². The number of aliphatic hydroxyl groups is 1. The first-order valence-electron chi connectivity index (χ1n) is 4.85. The Balaban J connectivity index is 2.71. The van der Waals surface area contributed by atoms with Crippen molar-refractivity contribution < 1.29 is 9.50 Å². The van der Waals surface area contributed by atoms with Crippen molar-refractivity contribution in [2.45, 2.75) is 19.4 Å². The summed E-state index contributed by atoms with van der Waals surface area (Å²) in [7, 11) is 0. The summed E-state index contributed by atoms with van der Waals surface area (Å²) in [4.78, 5) is 4.03. The molecule has 2 rings (SSSR count). The summed E-state index contributed by atoms with van der Waals surface area (Å²) in [6.45, 7) is 3.34. The second-order valence-corrected chi connectivity index (χ2v) is 5.16. The minimum Gasteiger partial charge on any atom is -0.386 e. The van der Waals surface area contributed by atoms with Gasteiger partial charge in [0.1, 0.15) is 5.52 Å². The molecule has 4 heteroatoms. The van der Waals surface area contributed by atoms with E-state index >= 15 is 0 Å². The van der Waals surface area contributed by atoms with E-state index in [0.29, 0.717) is 20.9 Å². The van der Waals surface area contributed by atoms with Crippen LogP contribution in [0.3, 0.4) is 0 Å². The summed E-state index contributed by atoms with van der Waals surface area (Å²) in [5.41, 5.74) is 0.00804. The van der Waals surface area contributed by atoms with Crippen molar-refractivity contribution in [1.82, 2.24) is 4.98 Å². The standard InChI is InChI=1S/C12H11BrFNO/c1-12(2,16)8-3-7-4-9(13)5-10(14)11(7)15-6-8/h3-6,16H,1-2H3. The van der Waals surface area contributed by atoms with Crippen molar-refractivity contribution in [3.63, 3.8) is 0 Å². The molecule has 0 atom stereocenters. The number of nitrogens with zero attached hydrogens (tertiary/aromatic N) is 1. The highest BCUT2D eigenvalue weighted by Crippen LogP contribution is 2.26. The third-order valence-corrected chi connectivity index (χ3v) is 2.87. The lowest BCUT2D eigenvalue weighted by atomic mass is 9.99. The normalized spacial score (nSPS) is 12.1. The third-order valence-electron chi connectivity index (χ3n) is 2.41. The van der Waals surface area contributed by atoms with Gasteiger partial charge in [-0.1, -0.05) is 15.9 Å². The van der Waals surface area contributed by atoms with E-state index in [1.165, 1.54) is 12.3 Å². The van der Waals surface area contributed by atoms with E-state index in [1.54, 1.807) is 26.0 Å². The number of pyridine rings is 1. The summed E-state index contributed by atoms with van der Waals surface area (Å²) in [6.07, 6.45) is 1.50. The fourth-order valence-electron chi connectivity index (χ4n) is 1.51. The Kier molecular flexibility index (Phi) is 2.72. The fourth-order valence-corrected chi connectivity index (χ4v) is 1.95. The highest BCUT2D eigenvalue weighted by molar-refractivity contribution is 9.10. The van der Waals surface area contributed by atoms with Gasteiger partial charge in [-0.25, -0.2) is 4.39 Å². The smallest absolute Gasteiger partial charge is 0.150 e. The molecule has 0 unspecified atom stereocenters. The molecule has 1 heterocycles. The first kappa shape index (κ1) is 11.5. The molecular formula is C12H11BrFNO. The van der Waals surface area contributed by atoms with Crippen LogP contribution in [0.15, 0.2) is 28.9 Å². The topological polar surface area (TPSA) is 33.1 Å². The Morgan fingerprint density at radius 2 is 2.00 bits per heavy atom. The second kappa shape index (κ2) is 3.79. The zero-order chi connectivity index (χ0) is 11.9. The van der Waals surface area contributed by atoms with Gasteiger partial charge in [0.05, 0.1) is 5.60 Å². The molecule has 0 aliphatic heterocycles. The minimum atomic E-state index is -0.972. The lowest BCUT2D eigenvalue weighted by Crippen LogP contribution is -2.15. The molecule has 84 valence electrons. The van der Waals surface area contributed by atoms with E-state index in [-0.39, 0.29) is 5.82 Å². The average molecular weight is 284 g/mol. The summed E-state index contributed by atoms with van der Waals surface area (Å²) >= 11 is 3.23. The van der Waals surface area contributed by atoms with Gasteiger partial charge in [-0.15, -0.1) is 0 Å². The maximum absolute atomic E-state index is 13.5. The van der Waals surface area contributed by atoms with Crippen LogP contribution >= 0.6 is 15.9 Å². The van der Waals surface area contributed by atoms with Crippen molar-refractivity contribution in [2.24, 2.45) is 0 Å². The largest absolute Gasteiger partial charge is 0.386 e. The molecule has 16 heavy (non-hydrogen) atoms. The Hall–Kier alpha value is -1.00. The Bertz CT molecular complexity index is 548. The maximum Gasteiger partial charge on any atom is 0.150 e. The van der Waals surface area contributed by atoms with Gasteiger partial charge < -0.3 is 5.11 Å². The molecular weight excluding hydrogens is 273 g/mol. The van der Waals surface area contributed by atoms with Crippen LogP contribution in [0.1, 0.15) is 19.4 Å². The molecule has 1 aromatic carbocycles. The first-order valence-corrected chi connectivity index (χ1v) is 5.65. The molecule has 0 amide bonds. The van der Waals surface area contributed by atoms with Crippen LogP contribution in [0, 0.1) is 5.82 Å². The molecule has 0 fully saturated rings. The van der Waals surface area contributed by atoms with Crippen molar-refractivity contribution in [2.75, 3.05) is 0 Å². The van der Waals surface area contributed by atoms with Crippen LogP contribution in [-0.2, 0) is 5.60 Å². The Morgan fingerprint density at radius 3 is 2.62 bits per heavy atom. The number of rotatable bonds is 1. The predicted molar refractivity (Wildman–Crippen MR) is 64.6 cm³/mol. The van der Waals surface area contributed by atoms with E-state index in [1.807, 2.05) is 0 Å². The van der Waals surface area contributed by atoms with Crippen LogP contribution < -0.4 is 0 Å². The highest BCUT2D eigenvalue weighted by Gasteiger charge is 2.17. The minimum absolute atomic E-state index is 0.316. The number of aromatic nitrogens is 1. The first-order chi connectivity index (χ1) is 7.38. The number of fused-ring (bicyclic) bond motifs is 1. The summed E-state index contributed by atoms with van der Waals surface area (Å²) < 4.78 is 14.2. The van der Waals surface area contributed by atoms with Gasteiger partial charge in [-0.3, -0.25) is 4.98 Å². The SMILES string of the molecule is CC(C)(O)c1cnc2c(F)cc(Br)cc2c1. The second-order valence-electron chi connectivity index (χ2n) is 4.24. The quantitative estimate of drug-likeness (QED) is 0.871. The van der Waals surface area contributed by atoms with Gasteiger partial charge in [0, 0.05) is 21.6 Å². The molecule has 0 saturated heterocycles. The monoisotopic (exact) mass is 283 g/mol. The molecule has 0 saturated carbocycles. The van der Waals surface area contributed by atoms with Crippen molar-refractivity contribution in [1.29, 1.82) is 0 Å². The maximum atomic E-state index is 13.5. The highest BCUT2D eigenvalue weighted by atomic mass is 79.9. The van der Waals surface area contributed by atoms with E-state index in [2.05, 4.69) is 20.9 Å². The average Bonchev–Trinajstić information content (AvgIpc) is 2.15. The number of hydrogen-bond acceptors (Lipinski definition) is 2. The van der Waals surface area contributed by atoms with Crippen molar-refractivity contribution >= 4 is 26.8 Å². The Labute approximate surface area is 101 Å². The molecule has 2 nitrogen and oxygen atoms in total. The van der Waals surface area contributed by atoms with Crippen LogP contribution in [-0.4, -0.2) is 10.1 Å².